The Morgan fingerprint density at radius 1 is 1.22 bits per heavy atom. The normalized spacial score (nSPS) is 11.3. The van der Waals surface area contributed by atoms with E-state index in [1.165, 1.54) is 42.5 Å². The largest absolute Gasteiger partial charge is 0.451 e. The number of anilines is 1. The number of rotatable bonds is 7. The SMILES string of the molecule is Cc1ccc(C(=O)NCC(=O)O[C@@H](C)C(=O)Nc2ccccc2[N+](=O)[O-])s1. The highest BCUT2D eigenvalue weighted by Crippen LogP contribution is 2.23. The summed E-state index contributed by atoms with van der Waals surface area (Å²) in [5, 5.41) is 15.7. The van der Waals surface area contributed by atoms with Crippen molar-refractivity contribution >= 4 is 40.5 Å². The van der Waals surface area contributed by atoms with Crippen LogP contribution in [0.3, 0.4) is 0 Å². The molecule has 1 aromatic heterocycles. The van der Waals surface area contributed by atoms with Crippen LogP contribution in [-0.2, 0) is 14.3 Å². The molecule has 0 aliphatic rings. The molecular formula is C17H17N3O6S. The molecule has 0 radical (unpaired) electrons. The fraction of sp³-hybridized carbons (Fsp3) is 0.235. The second-order valence-corrected chi connectivity index (χ2v) is 6.78. The molecule has 27 heavy (non-hydrogen) atoms. The Hall–Kier alpha value is -3.27. The number of thiophene rings is 1. The molecule has 9 nitrogen and oxygen atoms in total. The van der Waals surface area contributed by atoms with E-state index in [2.05, 4.69) is 10.6 Å². The molecule has 0 aliphatic carbocycles. The number of carbonyl (C=O) groups excluding carboxylic acids is 3. The van der Waals surface area contributed by atoms with Crippen molar-refractivity contribution < 1.29 is 24.0 Å². The van der Waals surface area contributed by atoms with Gasteiger partial charge in [0.1, 0.15) is 12.2 Å². The smallest absolute Gasteiger partial charge is 0.326 e. The van der Waals surface area contributed by atoms with Gasteiger partial charge in [-0.05, 0) is 32.0 Å². The summed E-state index contributed by atoms with van der Waals surface area (Å²) in [6.45, 7) is 2.78. The summed E-state index contributed by atoms with van der Waals surface area (Å²) in [5.41, 5.74) is -0.278. The van der Waals surface area contributed by atoms with Crippen LogP contribution in [0.1, 0.15) is 21.5 Å². The van der Waals surface area contributed by atoms with Crippen LogP contribution in [0.4, 0.5) is 11.4 Å². The summed E-state index contributed by atoms with van der Waals surface area (Å²) in [6, 6.07) is 9.04. The number of amides is 2. The first-order chi connectivity index (χ1) is 12.8. The fourth-order valence-electron chi connectivity index (χ4n) is 2.06. The van der Waals surface area contributed by atoms with Crippen molar-refractivity contribution in [3.05, 3.63) is 56.3 Å². The number of nitro benzene ring substituents is 1. The minimum atomic E-state index is -1.20. The maximum atomic E-state index is 12.1. The topological polar surface area (TPSA) is 128 Å². The Morgan fingerprint density at radius 3 is 2.56 bits per heavy atom. The number of nitro groups is 1. The lowest BCUT2D eigenvalue weighted by atomic mass is 10.2. The average Bonchev–Trinajstić information content (AvgIpc) is 3.06. The number of esters is 1. The minimum Gasteiger partial charge on any atom is -0.451 e. The number of hydrogen-bond donors (Lipinski definition) is 2. The third-order valence-corrected chi connectivity index (χ3v) is 4.39. The van der Waals surface area contributed by atoms with E-state index < -0.39 is 35.4 Å². The first-order valence-electron chi connectivity index (χ1n) is 7.86. The van der Waals surface area contributed by atoms with E-state index in [9.17, 15) is 24.5 Å². The Bertz CT molecular complexity index is 879. The van der Waals surface area contributed by atoms with Gasteiger partial charge in [0.2, 0.25) is 0 Å². The van der Waals surface area contributed by atoms with Gasteiger partial charge >= 0.3 is 5.97 Å². The van der Waals surface area contributed by atoms with Crippen molar-refractivity contribution in [2.24, 2.45) is 0 Å². The summed E-state index contributed by atoms with van der Waals surface area (Å²) in [5.74, 6) is -1.94. The molecule has 0 saturated carbocycles. The Kier molecular flexibility index (Phi) is 6.61. The van der Waals surface area contributed by atoms with Crippen LogP contribution >= 0.6 is 11.3 Å². The predicted octanol–water partition coefficient (Wildman–Crippen LogP) is 2.26. The first kappa shape index (κ1) is 20.0. The third-order valence-electron chi connectivity index (χ3n) is 3.39. The highest BCUT2D eigenvalue weighted by Gasteiger charge is 2.22. The van der Waals surface area contributed by atoms with Gasteiger partial charge in [-0.15, -0.1) is 11.3 Å². The van der Waals surface area contributed by atoms with Gasteiger partial charge in [0.25, 0.3) is 17.5 Å². The van der Waals surface area contributed by atoms with Gasteiger partial charge in [0.15, 0.2) is 6.10 Å². The van der Waals surface area contributed by atoms with Crippen molar-refractivity contribution in [3.63, 3.8) is 0 Å². The maximum absolute atomic E-state index is 12.1. The molecule has 0 aliphatic heterocycles. The standard InChI is InChI=1S/C17H17N3O6S/c1-10-7-8-14(27-10)17(23)18-9-15(21)26-11(2)16(22)19-12-5-3-4-6-13(12)20(24)25/h3-8,11H,9H2,1-2H3,(H,18,23)(H,19,22)/t11-/m0/s1. The molecule has 1 atom stereocenters. The molecule has 0 spiro atoms. The highest BCUT2D eigenvalue weighted by atomic mass is 32.1. The lowest BCUT2D eigenvalue weighted by molar-refractivity contribution is -0.383. The van der Waals surface area contributed by atoms with Gasteiger partial charge in [-0.2, -0.15) is 0 Å². The molecule has 0 fully saturated rings. The van der Waals surface area contributed by atoms with Crippen molar-refractivity contribution in [1.82, 2.24) is 5.32 Å². The number of hydrogen-bond acceptors (Lipinski definition) is 7. The van der Waals surface area contributed by atoms with Crippen molar-refractivity contribution in [3.8, 4) is 0 Å². The van der Waals surface area contributed by atoms with Gasteiger partial charge in [-0.1, -0.05) is 12.1 Å². The number of benzene rings is 1. The van der Waals surface area contributed by atoms with Crippen LogP contribution < -0.4 is 10.6 Å². The summed E-state index contributed by atoms with van der Waals surface area (Å²) in [6.07, 6.45) is -1.20. The third kappa shape index (κ3) is 5.61. The van der Waals surface area contributed by atoms with Crippen LogP contribution in [0.5, 0.6) is 0 Å². The second kappa shape index (κ2) is 8.90. The van der Waals surface area contributed by atoms with Crippen molar-refractivity contribution in [2.45, 2.75) is 20.0 Å². The molecule has 1 heterocycles. The van der Waals surface area contributed by atoms with Gasteiger partial charge < -0.3 is 15.4 Å². The van der Waals surface area contributed by atoms with Gasteiger partial charge in [0.05, 0.1) is 9.80 Å². The number of ether oxygens (including phenoxy) is 1. The summed E-state index contributed by atoms with van der Waals surface area (Å²) in [4.78, 5) is 47.5. The molecule has 0 unspecified atom stereocenters. The first-order valence-corrected chi connectivity index (χ1v) is 8.68. The molecule has 2 rings (SSSR count). The molecule has 2 amide bonds. The molecule has 142 valence electrons. The zero-order chi connectivity index (χ0) is 20.0. The highest BCUT2D eigenvalue weighted by molar-refractivity contribution is 7.13. The average molecular weight is 391 g/mol. The number of nitrogens with zero attached hydrogens (tertiary/aromatic N) is 1. The lowest BCUT2D eigenvalue weighted by Crippen LogP contribution is -2.35. The summed E-state index contributed by atoms with van der Waals surface area (Å²) < 4.78 is 4.94. The van der Waals surface area contributed by atoms with Crippen molar-refractivity contribution in [2.75, 3.05) is 11.9 Å². The fourth-order valence-corrected chi connectivity index (χ4v) is 2.85. The summed E-state index contributed by atoms with van der Waals surface area (Å²) in [7, 11) is 0. The molecule has 2 N–H and O–H groups in total. The van der Waals surface area contributed by atoms with Crippen LogP contribution in [0.2, 0.25) is 0 Å². The second-order valence-electron chi connectivity index (χ2n) is 5.49. The van der Waals surface area contributed by atoms with E-state index in [0.717, 1.165) is 4.88 Å². The number of aryl methyl sites for hydroxylation is 1. The Balaban J connectivity index is 1.86. The van der Waals surface area contributed by atoms with E-state index in [4.69, 9.17) is 4.74 Å². The van der Waals surface area contributed by atoms with E-state index in [0.29, 0.717) is 4.88 Å². The number of nitrogens with one attached hydrogen (secondary N) is 2. The Morgan fingerprint density at radius 2 is 1.93 bits per heavy atom. The Labute approximate surface area is 158 Å². The van der Waals surface area contributed by atoms with Gasteiger partial charge in [0, 0.05) is 10.9 Å². The molecule has 1 aromatic carbocycles. The minimum absolute atomic E-state index is 0.00299. The molecule has 0 bridgehead atoms. The van der Waals surface area contributed by atoms with Crippen LogP contribution in [0.15, 0.2) is 36.4 Å². The molecule has 0 saturated heterocycles. The van der Waals surface area contributed by atoms with Crippen LogP contribution in [-0.4, -0.2) is 35.4 Å². The molecular weight excluding hydrogens is 374 g/mol. The van der Waals surface area contributed by atoms with E-state index in [1.807, 2.05) is 6.92 Å². The van der Waals surface area contributed by atoms with E-state index >= 15 is 0 Å². The van der Waals surface area contributed by atoms with Gasteiger partial charge in [-0.25, -0.2) is 0 Å². The molecule has 2 aromatic rings. The lowest BCUT2D eigenvalue weighted by Gasteiger charge is -2.13. The number of carbonyl (C=O) groups is 3. The zero-order valence-corrected chi connectivity index (χ0v) is 15.4. The molecule has 10 heteroatoms. The zero-order valence-electron chi connectivity index (χ0n) is 14.6. The quantitative estimate of drug-likeness (QED) is 0.423. The van der Waals surface area contributed by atoms with Gasteiger partial charge in [-0.3, -0.25) is 24.5 Å². The van der Waals surface area contributed by atoms with E-state index in [1.54, 1.807) is 12.1 Å². The maximum Gasteiger partial charge on any atom is 0.326 e. The van der Waals surface area contributed by atoms with Crippen molar-refractivity contribution in [1.29, 1.82) is 0 Å². The number of para-hydroxylation sites is 2. The van der Waals surface area contributed by atoms with Crippen LogP contribution in [0, 0.1) is 17.0 Å². The van der Waals surface area contributed by atoms with Crippen LogP contribution in [0.25, 0.3) is 0 Å². The monoisotopic (exact) mass is 391 g/mol. The summed E-state index contributed by atoms with van der Waals surface area (Å²) >= 11 is 1.29. The van der Waals surface area contributed by atoms with E-state index in [-0.39, 0.29) is 11.4 Å². The predicted molar refractivity (Wildman–Crippen MR) is 98.7 cm³/mol.